The Bertz CT molecular complexity index is 480. The van der Waals surface area contributed by atoms with Crippen molar-refractivity contribution in [2.45, 2.75) is 44.6 Å². The lowest BCUT2D eigenvalue weighted by atomic mass is 9.77. The molecule has 0 bridgehead atoms. The molecule has 1 saturated heterocycles. The fraction of sp³-hybridized carbons (Fsp3) is 0.588. The monoisotopic (exact) mass is 272 g/mol. The molecule has 1 amide bonds. The van der Waals surface area contributed by atoms with E-state index in [9.17, 15) is 4.79 Å². The molecule has 3 heteroatoms. The molecule has 20 heavy (non-hydrogen) atoms. The fourth-order valence-corrected chi connectivity index (χ4v) is 3.44. The van der Waals surface area contributed by atoms with Crippen molar-refractivity contribution in [2.75, 3.05) is 19.6 Å². The number of nitrogens with zero attached hydrogens (tertiary/aromatic N) is 1. The Balaban J connectivity index is 1.67. The van der Waals surface area contributed by atoms with Crippen molar-refractivity contribution in [3.05, 3.63) is 35.4 Å². The first-order valence-corrected chi connectivity index (χ1v) is 7.89. The predicted octanol–water partition coefficient (Wildman–Crippen LogP) is 2.32. The Morgan fingerprint density at radius 2 is 2.25 bits per heavy atom. The number of carbonyl (C=O) groups excluding carboxylic acids is 1. The van der Waals surface area contributed by atoms with E-state index >= 15 is 0 Å². The van der Waals surface area contributed by atoms with E-state index in [1.54, 1.807) is 0 Å². The topological polar surface area (TPSA) is 32.3 Å². The summed E-state index contributed by atoms with van der Waals surface area (Å²) in [6.45, 7) is 5.02. The van der Waals surface area contributed by atoms with Gasteiger partial charge < -0.3 is 10.2 Å². The maximum absolute atomic E-state index is 12.8. The summed E-state index contributed by atoms with van der Waals surface area (Å²) >= 11 is 0. The zero-order valence-electron chi connectivity index (χ0n) is 12.3. The highest BCUT2D eigenvalue weighted by Gasteiger charge is 2.35. The largest absolute Gasteiger partial charge is 0.341 e. The number of amides is 1. The van der Waals surface area contributed by atoms with Gasteiger partial charge in [0.15, 0.2) is 0 Å². The van der Waals surface area contributed by atoms with Crippen molar-refractivity contribution < 1.29 is 4.79 Å². The lowest BCUT2D eigenvalue weighted by Gasteiger charge is -2.35. The summed E-state index contributed by atoms with van der Waals surface area (Å²) in [5, 5.41) is 3.50. The Labute approximate surface area is 121 Å². The lowest BCUT2D eigenvalue weighted by Crippen LogP contribution is -2.45. The van der Waals surface area contributed by atoms with E-state index in [4.69, 9.17) is 0 Å². The van der Waals surface area contributed by atoms with Crippen molar-refractivity contribution in [1.29, 1.82) is 0 Å². The third-order valence-electron chi connectivity index (χ3n) is 4.56. The molecule has 0 saturated carbocycles. The Kier molecular flexibility index (Phi) is 4.06. The summed E-state index contributed by atoms with van der Waals surface area (Å²) in [5.41, 5.74) is 2.60. The average Bonchev–Trinajstić information content (AvgIpc) is 2.92. The third kappa shape index (κ3) is 2.59. The van der Waals surface area contributed by atoms with Gasteiger partial charge in [0.1, 0.15) is 0 Å². The van der Waals surface area contributed by atoms with Gasteiger partial charge in [-0.2, -0.15) is 0 Å². The van der Waals surface area contributed by atoms with Crippen LogP contribution in [0.1, 0.15) is 43.2 Å². The zero-order chi connectivity index (χ0) is 13.9. The van der Waals surface area contributed by atoms with Crippen LogP contribution < -0.4 is 5.32 Å². The molecule has 108 valence electrons. The molecular weight excluding hydrogens is 248 g/mol. The van der Waals surface area contributed by atoms with Gasteiger partial charge in [0.25, 0.3) is 0 Å². The highest BCUT2D eigenvalue weighted by atomic mass is 16.2. The van der Waals surface area contributed by atoms with E-state index in [0.29, 0.717) is 11.9 Å². The minimum Gasteiger partial charge on any atom is -0.341 e. The smallest absolute Gasteiger partial charge is 0.230 e. The third-order valence-corrected chi connectivity index (χ3v) is 4.56. The molecule has 1 fully saturated rings. The van der Waals surface area contributed by atoms with Gasteiger partial charge >= 0.3 is 0 Å². The molecule has 1 aliphatic carbocycles. The van der Waals surface area contributed by atoms with E-state index in [-0.39, 0.29) is 5.92 Å². The highest BCUT2D eigenvalue weighted by molar-refractivity contribution is 5.87. The van der Waals surface area contributed by atoms with Gasteiger partial charge in [-0.3, -0.25) is 4.79 Å². The molecule has 0 aromatic heterocycles. The second-order valence-corrected chi connectivity index (χ2v) is 6.03. The van der Waals surface area contributed by atoms with E-state index < -0.39 is 0 Å². The number of hydrogen-bond donors (Lipinski definition) is 1. The standard InChI is InChI=1S/C17H24N2O/c1-2-10-19(12-14-7-5-9-18-14)17(20)16-11-13-6-3-4-8-15(13)16/h3-4,6,8,14,16,18H,2,5,7,9-12H2,1H3. The average molecular weight is 272 g/mol. The van der Waals surface area contributed by atoms with E-state index in [1.807, 2.05) is 6.07 Å². The van der Waals surface area contributed by atoms with Crippen LogP contribution in [0.4, 0.5) is 0 Å². The molecule has 3 rings (SSSR count). The van der Waals surface area contributed by atoms with Gasteiger partial charge in [0, 0.05) is 19.1 Å². The molecule has 2 unspecified atom stereocenters. The number of fused-ring (bicyclic) bond motifs is 1. The fourth-order valence-electron chi connectivity index (χ4n) is 3.44. The first kappa shape index (κ1) is 13.6. The minimum atomic E-state index is 0.110. The van der Waals surface area contributed by atoms with Gasteiger partial charge in [-0.05, 0) is 43.4 Å². The van der Waals surface area contributed by atoms with Gasteiger partial charge in [-0.25, -0.2) is 0 Å². The van der Waals surface area contributed by atoms with Gasteiger partial charge in [-0.15, -0.1) is 0 Å². The van der Waals surface area contributed by atoms with E-state index in [1.165, 1.54) is 24.0 Å². The summed E-state index contributed by atoms with van der Waals surface area (Å²) in [4.78, 5) is 14.9. The second-order valence-electron chi connectivity index (χ2n) is 6.03. The molecule has 1 aromatic carbocycles. The van der Waals surface area contributed by atoms with Crippen LogP contribution in [0.2, 0.25) is 0 Å². The van der Waals surface area contributed by atoms with Crippen LogP contribution in [0.3, 0.4) is 0 Å². The normalized spacial score (nSPS) is 24.1. The molecule has 0 spiro atoms. The van der Waals surface area contributed by atoms with Crippen molar-refractivity contribution in [3.8, 4) is 0 Å². The lowest BCUT2D eigenvalue weighted by molar-refractivity contribution is -0.133. The first-order valence-electron chi connectivity index (χ1n) is 7.89. The number of carbonyl (C=O) groups is 1. The van der Waals surface area contributed by atoms with E-state index in [2.05, 4.69) is 35.3 Å². The van der Waals surface area contributed by atoms with Gasteiger partial charge in [-0.1, -0.05) is 31.2 Å². The first-order chi connectivity index (χ1) is 9.79. The van der Waals surface area contributed by atoms with Crippen LogP contribution in [-0.2, 0) is 11.2 Å². The Morgan fingerprint density at radius 1 is 1.40 bits per heavy atom. The molecule has 1 aromatic rings. The maximum Gasteiger partial charge on any atom is 0.230 e. The maximum atomic E-state index is 12.8. The summed E-state index contributed by atoms with van der Waals surface area (Å²) in [6.07, 6.45) is 4.40. The molecule has 0 radical (unpaired) electrons. The number of nitrogens with one attached hydrogen (secondary N) is 1. The molecule has 2 aliphatic rings. The van der Waals surface area contributed by atoms with Crippen LogP contribution in [-0.4, -0.2) is 36.5 Å². The predicted molar refractivity (Wildman–Crippen MR) is 80.8 cm³/mol. The van der Waals surface area contributed by atoms with Crippen LogP contribution in [0.15, 0.2) is 24.3 Å². The zero-order valence-corrected chi connectivity index (χ0v) is 12.3. The van der Waals surface area contributed by atoms with Crippen molar-refractivity contribution in [1.82, 2.24) is 10.2 Å². The van der Waals surface area contributed by atoms with Crippen LogP contribution in [0.5, 0.6) is 0 Å². The molecule has 1 aliphatic heterocycles. The Morgan fingerprint density at radius 3 is 2.95 bits per heavy atom. The van der Waals surface area contributed by atoms with Crippen LogP contribution in [0.25, 0.3) is 0 Å². The molecule has 1 heterocycles. The van der Waals surface area contributed by atoms with Crippen molar-refractivity contribution in [3.63, 3.8) is 0 Å². The van der Waals surface area contributed by atoms with Gasteiger partial charge in [0.05, 0.1) is 5.92 Å². The van der Waals surface area contributed by atoms with Gasteiger partial charge in [0.2, 0.25) is 5.91 Å². The molecule has 2 atom stereocenters. The number of rotatable bonds is 5. The van der Waals surface area contributed by atoms with Crippen LogP contribution in [0, 0.1) is 0 Å². The highest BCUT2D eigenvalue weighted by Crippen LogP contribution is 2.36. The van der Waals surface area contributed by atoms with Crippen LogP contribution >= 0.6 is 0 Å². The quantitative estimate of drug-likeness (QED) is 0.892. The Hall–Kier alpha value is -1.35. The summed E-state index contributed by atoms with van der Waals surface area (Å²) in [5.74, 6) is 0.443. The van der Waals surface area contributed by atoms with Crippen molar-refractivity contribution >= 4 is 5.91 Å². The number of benzene rings is 1. The summed E-state index contributed by atoms with van der Waals surface area (Å²) in [7, 11) is 0. The number of hydrogen-bond acceptors (Lipinski definition) is 2. The SMILES string of the molecule is CCCN(CC1CCCN1)C(=O)C1Cc2ccccc21. The molecule has 1 N–H and O–H groups in total. The summed E-state index contributed by atoms with van der Waals surface area (Å²) in [6, 6.07) is 8.86. The minimum absolute atomic E-state index is 0.110. The van der Waals surface area contributed by atoms with Crippen molar-refractivity contribution in [2.24, 2.45) is 0 Å². The van der Waals surface area contributed by atoms with E-state index in [0.717, 1.165) is 32.5 Å². The molecule has 3 nitrogen and oxygen atoms in total. The molecular formula is C17H24N2O. The second kappa shape index (κ2) is 5.96. The summed E-state index contributed by atoms with van der Waals surface area (Å²) < 4.78 is 0.